The fraction of sp³-hybridized carbons (Fsp3) is 0.364. The number of pyridine rings is 1. The van der Waals surface area contributed by atoms with Crippen LogP contribution in [0.1, 0.15) is 25.0 Å². The molecular formula is C22H23ClFN6O2+. The Morgan fingerprint density at radius 3 is 2.69 bits per heavy atom. The standard InChI is InChI=1S/C22H22ClFN6O2/c1-13-8-28(9-14(2)32-13)10-16-5-19-20(25-7-16)29(22(31)30-21(19)26-12-27-30)11-15-3-17(23)6-18(24)4-15/h3-7,12-14H,8-11H2,1-2H3/p+1/t13-,14+. The van der Waals surface area contributed by atoms with Crippen LogP contribution in [0.15, 0.2) is 41.6 Å². The molecule has 1 aromatic carbocycles. The molecule has 4 heterocycles. The Morgan fingerprint density at radius 2 is 1.94 bits per heavy atom. The van der Waals surface area contributed by atoms with Gasteiger partial charge in [-0.2, -0.15) is 0 Å². The Bertz CT molecular complexity index is 1340. The summed E-state index contributed by atoms with van der Waals surface area (Å²) in [5.41, 5.74) is 2.28. The molecule has 0 saturated carbocycles. The lowest BCUT2D eigenvalue weighted by Gasteiger charge is -2.35. The van der Waals surface area contributed by atoms with Crippen molar-refractivity contribution < 1.29 is 14.1 Å². The number of fused-ring (bicyclic) bond motifs is 3. The minimum atomic E-state index is -0.456. The van der Waals surface area contributed by atoms with Gasteiger partial charge in [-0.25, -0.2) is 19.2 Å². The number of benzene rings is 1. The van der Waals surface area contributed by atoms with Gasteiger partial charge in [-0.05, 0) is 53.8 Å². The summed E-state index contributed by atoms with van der Waals surface area (Å²) < 4.78 is 22.5. The van der Waals surface area contributed by atoms with E-state index in [0.717, 1.165) is 30.6 Å². The molecule has 0 aliphatic carbocycles. The maximum absolute atomic E-state index is 13.9. The molecular weight excluding hydrogens is 435 g/mol. The van der Waals surface area contributed by atoms with Crippen molar-refractivity contribution in [3.63, 3.8) is 0 Å². The third kappa shape index (κ3) is 3.99. The topological polar surface area (TPSA) is 78.8 Å². The average molecular weight is 458 g/mol. The second-order valence-electron chi connectivity index (χ2n) is 8.36. The first-order valence-corrected chi connectivity index (χ1v) is 10.8. The van der Waals surface area contributed by atoms with Crippen LogP contribution in [0.25, 0.3) is 16.7 Å². The molecule has 1 fully saturated rings. The maximum Gasteiger partial charge on any atom is 0.425 e. The number of halogens is 2. The van der Waals surface area contributed by atoms with Gasteiger partial charge in [0, 0.05) is 36.0 Å². The Morgan fingerprint density at radius 1 is 1.16 bits per heavy atom. The van der Waals surface area contributed by atoms with E-state index in [1.807, 2.05) is 6.07 Å². The fourth-order valence-electron chi connectivity index (χ4n) is 4.48. The Labute approximate surface area is 188 Å². The molecule has 1 aliphatic heterocycles. The number of aromatic nitrogens is 5. The zero-order valence-electron chi connectivity index (χ0n) is 17.8. The second kappa shape index (κ2) is 8.23. The average Bonchev–Trinajstić information content (AvgIpc) is 3.20. The van der Waals surface area contributed by atoms with Crippen molar-refractivity contribution in [3.05, 3.63) is 69.2 Å². The maximum atomic E-state index is 13.9. The van der Waals surface area contributed by atoms with Crippen molar-refractivity contribution in [2.75, 3.05) is 13.1 Å². The summed E-state index contributed by atoms with van der Waals surface area (Å²) in [7, 11) is 0. The molecule has 0 spiro atoms. The van der Waals surface area contributed by atoms with Crippen LogP contribution in [0.5, 0.6) is 0 Å². The lowest BCUT2D eigenvalue weighted by atomic mass is 10.1. The van der Waals surface area contributed by atoms with E-state index in [9.17, 15) is 9.18 Å². The number of aromatic amines is 1. The highest BCUT2D eigenvalue weighted by Crippen LogP contribution is 2.20. The summed E-state index contributed by atoms with van der Waals surface area (Å²) in [4.78, 5) is 23.1. The molecule has 1 N–H and O–H groups in total. The van der Waals surface area contributed by atoms with E-state index < -0.39 is 5.82 Å². The molecule has 32 heavy (non-hydrogen) atoms. The number of hydrogen-bond acceptors (Lipinski definition) is 5. The third-order valence-corrected chi connectivity index (χ3v) is 5.82. The molecule has 166 valence electrons. The van der Waals surface area contributed by atoms with Gasteiger partial charge in [-0.15, -0.1) is 0 Å². The molecule has 8 nitrogen and oxygen atoms in total. The first-order chi connectivity index (χ1) is 15.4. The van der Waals surface area contributed by atoms with Crippen LogP contribution >= 0.6 is 11.6 Å². The van der Waals surface area contributed by atoms with Crippen LogP contribution in [0.3, 0.4) is 0 Å². The van der Waals surface area contributed by atoms with Gasteiger partial charge in [-0.3, -0.25) is 9.47 Å². The Kier molecular flexibility index (Phi) is 5.40. The smallest absolute Gasteiger partial charge is 0.373 e. The first kappa shape index (κ1) is 21.0. The monoisotopic (exact) mass is 457 g/mol. The Hall–Kier alpha value is -2.88. The lowest BCUT2D eigenvalue weighted by Crippen LogP contribution is -2.44. The molecule has 1 aliphatic rings. The van der Waals surface area contributed by atoms with Gasteiger partial charge in [-0.1, -0.05) is 11.6 Å². The van der Waals surface area contributed by atoms with Crippen LogP contribution in [0, 0.1) is 5.82 Å². The number of morpholine rings is 1. The molecule has 4 aromatic rings. The van der Waals surface area contributed by atoms with Crippen LogP contribution in [-0.4, -0.2) is 49.4 Å². The fourth-order valence-corrected chi connectivity index (χ4v) is 4.73. The van der Waals surface area contributed by atoms with Crippen LogP contribution in [0.2, 0.25) is 5.02 Å². The van der Waals surface area contributed by atoms with Crippen LogP contribution < -0.4 is 10.7 Å². The van der Waals surface area contributed by atoms with Crippen molar-refractivity contribution >= 4 is 28.3 Å². The van der Waals surface area contributed by atoms with E-state index in [-0.39, 0.29) is 29.5 Å². The van der Waals surface area contributed by atoms with Gasteiger partial charge in [0.25, 0.3) is 12.0 Å². The molecule has 10 heteroatoms. The highest BCUT2D eigenvalue weighted by Gasteiger charge is 2.24. The van der Waals surface area contributed by atoms with E-state index in [0.29, 0.717) is 16.9 Å². The minimum absolute atomic E-state index is 0.119. The second-order valence-corrected chi connectivity index (χ2v) is 8.80. The molecule has 0 amide bonds. The minimum Gasteiger partial charge on any atom is -0.373 e. The van der Waals surface area contributed by atoms with E-state index in [2.05, 4.69) is 33.8 Å². The van der Waals surface area contributed by atoms with Gasteiger partial charge in [0.15, 0.2) is 5.65 Å². The molecule has 5 rings (SSSR count). The zero-order valence-corrected chi connectivity index (χ0v) is 18.5. The van der Waals surface area contributed by atoms with Crippen LogP contribution in [0.4, 0.5) is 4.39 Å². The SMILES string of the molecule is C[C@@H]1CN(Cc2cnc3c(c2)c2[nH+]cnn2c(=O)n3Cc2cc(F)cc(Cl)c2)C[C@H](C)O1. The van der Waals surface area contributed by atoms with Gasteiger partial charge in [0.2, 0.25) is 0 Å². The van der Waals surface area contributed by atoms with Crippen molar-refractivity contribution in [3.8, 4) is 0 Å². The van der Waals surface area contributed by atoms with E-state index in [1.54, 1.807) is 12.3 Å². The summed E-state index contributed by atoms with van der Waals surface area (Å²) in [6, 6.07) is 6.25. The number of H-pyrrole nitrogens is 1. The molecule has 0 radical (unpaired) electrons. The highest BCUT2D eigenvalue weighted by molar-refractivity contribution is 6.30. The first-order valence-electron chi connectivity index (χ1n) is 10.5. The number of ether oxygens (including phenoxy) is 1. The van der Waals surface area contributed by atoms with Gasteiger partial charge < -0.3 is 4.74 Å². The zero-order chi connectivity index (χ0) is 22.4. The van der Waals surface area contributed by atoms with Crippen molar-refractivity contribution in [2.45, 2.75) is 39.1 Å². The summed E-state index contributed by atoms with van der Waals surface area (Å²) in [5, 5.41) is 5.18. The number of hydrogen-bond donors (Lipinski definition) is 0. The lowest BCUT2D eigenvalue weighted by molar-refractivity contribution is -0.345. The molecule has 1 saturated heterocycles. The number of nitrogens with one attached hydrogen (secondary N) is 1. The summed E-state index contributed by atoms with van der Waals surface area (Å²) >= 11 is 6.01. The normalized spacial score (nSPS) is 19.8. The Balaban J connectivity index is 1.58. The van der Waals surface area contributed by atoms with E-state index in [1.165, 1.54) is 27.5 Å². The number of nitrogens with zero attached hydrogens (tertiary/aromatic N) is 5. The molecule has 0 unspecified atom stereocenters. The van der Waals surface area contributed by atoms with Crippen molar-refractivity contribution in [1.29, 1.82) is 0 Å². The number of rotatable bonds is 4. The van der Waals surface area contributed by atoms with Crippen molar-refractivity contribution in [2.24, 2.45) is 0 Å². The highest BCUT2D eigenvalue weighted by atomic mass is 35.5. The predicted octanol–water partition coefficient (Wildman–Crippen LogP) is 2.31. The van der Waals surface area contributed by atoms with E-state index in [4.69, 9.17) is 16.3 Å². The van der Waals surface area contributed by atoms with Gasteiger partial charge in [0.1, 0.15) is 5.82 Å². The van der Waals surface area contributed by atoms with Gasteiger partial charge in [0.05, 0.1) is 24.1 Å². The summed E-state index contributed by atoms with van der Waals surface area (Å²) in [5.74, 6) is -0.456. The van der Waals surface area contributed by atoms with Crippen LogP contribution in [-0.2, 0) is 17.8 Å². The predicted molar refractivity (Wildman–Crippen MR) is 117 cm³/mol. The third-order valence-electron chi connectivity index (χ3n) is 5.60. The van der Waals surface area contributed by atoms with Gasteiger partial charge >= 0.3 is 5.69 Å². The van der Waals surface area contributed by atoms with E-state index >= 15 is 0 Å². The summed E-state index contributed by atoms with van der Waals surface area (Å²) in [6.45, 7) is 6.67. The summed E-state index contributed by atoms with van der Waals surface area (Å²) in [6.07, 6.45) is 3.60. The molecule has 2 atom stereocenters. The largest absolute Gasteiger partial charge is 0.425 e. The van der Waals surface area contributed by atoms with Crippen molar-refractivity contribution in [1.82, 2.24) is 24.1 Å². The molecule has 3 aromatic heterocycles. The quantitative estimate of drug-likeness (QED) is 0.470. The molecule has 0 bridgehead atoms.